The summed E-state index contributed by atoms with van der Waals surface area (Å²) in [7, 11) is 1.63. The van der Waals surface area contributed by atoms with Crippen LogP contribution in [0.5, 0.6) is 0 Å². The number of ether oxygens (including phenoxy) is 1. The summed E-state index contributed by atoms with van der Waals surface area (Å²) in [6.45, 7) is 2.05. The molecule has 0 spiro atoms. The normalized spacial score (nSPS) is 12.4. The predicted molar refractivity (Wildman–Crippen MR) is 38.7 cm³/mol. The lowest BCUT2D eigenvalue weighted by Gasteiger charge is -1.96. The van der Waals surface area contributed by atoms with Gasteiger partial charge in [0.1, 0.15) is 5.76 Å². The molecular weight excluding hydrogens is 114 g/mol. The SMILES string of the molecule is CC/C=C(/C=C/N)OC. The van der Waals surface area contributed by atoms with Crippen molar-refractivity contribution in [2.45, 2.75) is 13.3 Å². The smallest absolute Gasteiger partial charge is 0.116 e. The van der Waals surface area contributed by atoms with Crippen molar-refractivity contribution >= 4 is 0 Å². The molecule has 52 valence electrons. The summed E-state index contributed by atoms with van der Waals surface area (Å²) in [5.41, 5.74) is 5.13. The van der Waals surface area contributed by atoms with Crippen LogP contribution in [0, 0.1) is 0 Å². The average molecular weight is 127 g/mol. The molecule has 0 amide bonds. The molecule has 0 aliphatic carbocycles. The fourth-order valence-electron chi connectivity index (χ4n) is 0.515. The zero-order chi connectivity index (χ0) is 7.11. The van der Waals surface area contributed by atoms with Crippen LogP contribution in [-0.2, 0) is 4.74 Å². The first-order valence-corrected chi connectivity index (χ1v) is 2.97. The highest BCUT2D eigenvalue weighted by molar-refractivity contribution is 5.09. The molecule has 0 heterocycles. The van der Waals surface area contributed by atoms with E-state index in [0.717, 1.165) is 12.2 Å². The van der Waals surface area contributed by atoms with Gasteiger partial charge in [0.25, 0.3) is 0 Å². The third kappa shape index (κ3) is 3.64. The molecule has 0 fully saturated rings. The number of nitrogens with two attached hydrogens (primary N) is 1. The average Bonchev–Trinajstić information content (AvgIpc) is 1.88. The van der Waals surface area contributed by atoms with Crippen LogP contribution in [0.1, 0.15) is 13.3 Å². The van der Waals surface area contributed by atoms with Gasteiger partial charge in [-0.05, 0) is 24.8 Å². The van der Waals surface area contributed by atoms with Crippen LogP contribution in [0.25, 0.3) is 0 Å². The topological polar surface area (TPSA) is 35.2 Å². The van der Waals surface area contributed by atoms with E-state index in [1.807, 2.05) is 13.0 Å². The van der Waals surface area contributed by atoms with Crippen LogP contribution in [0.3, 0.4) is 0 Å². The molecular formula is C7H13NO. The Bertz CT molecular complexity index is 116. The second kappa shape index (κ2) is 5.22. The maximum absolute atomic E-state index is 5.13. The minimum atomic E-state index is 0.819. The predicted octanol–water partition coefficient (Wildman–Crippen LogP) is 1.40. The summed E-state index contributed by atoms with van der Waals surface area (Å²) in [6.07, 6.45) is 6.12. The summed E-state index contributed by atoms with van der Waals surface area (Å²) in [5.74, 6) is 0.819. The van der Waals surface area contributed by atoms with E-state index in [1.54, 1.807) is 13.2 Å². The highest BCUT2D eigenvalue weighted by atomic mass is 16.5. The monoisotopic (exact) mass is 127 g/mol. The summed E-state index contributed by atoms with van der Waals surface area (Å²) < 4.78 is 4.93. The van der Waals surface area contributed by atoms with Gasteiger partial charge in [-0.2, -0.15) is 0 Å². The molecule has 0 aromatic rings. The standard InChI is InChI=1S/C7H13NO/c1-3-4-7(9-2)5-6-8/h4-6H,3,8H2,1-2H3/b6-5+,7-4-. The summed E-state index contributed by atoms with van der Waals surface area (Å²) in [4.78, 5) is 0. The molecule has 0 aliphatic heterocycles. The first-order valence-electron chi connectivity index (χ1n) is 2.97. The molecule has 0 saturated carbocycles. The van der Waals surface area contributed by atoms with Gasteiger partial charge in [-0.25, -0.2) is 0 Å². The van der Waals surface area contributed by atoms with E-state index in [0.29, 0.717) is 0 Å². The van der Waals surface area contributed by atoms with Gasteiger partial charge >= 0.3 is 0 Å². The molecule has 2 N–H and O–H groups in total. The van der Waals surface area contributed by atoms with Gasteiger partial charge in [-0.3, -0.25) is 0 Å². The lowest BCUT2D eigenvalue weighted by molar-refractivity contribution is 0.305. The second-order valence-electron chi connectivity index (χ2n) is 1.58. The molecule has 0 saturated heterocycles. The summed E-state index contributed by atoms with van der Waals surface area (Å²) >= 11 is 0. The van der Waals surface area contributed by atoms with Crippen LogP contribution in [0.4, 0.5) is 0 Å². The lowest BCUT2D eigenvalue weighted by atomic mass is 10.3. The van der Waals surface area contributed by atoms with Gasteiger partial charge in [0.2, 0.25) is 0 Å². The number of rotatable bonds is 3. The van der Waals surface area contributed by atoms with Crippen molar-refractivity contribution in [2.75, 3.05) is 7.11 Å². The zero-order valence-electron chi connectivity index (χ0n) is 5.92. The Morgan fingerprint density at radius 1 is 1.67 bits per heavy atom. The van der Waals surface area contributed by atoms with E-state index in [1.165, 1.54) is 6.20 Å². The number of allylic oxidation sites excluding steroid dienone is 2. The van der Waals surface area contributed by atoms with Gasteiger partial charge in [-0.15, -0.1) is 0 Å². The molecule has 0 radical (unpaired) electrons. The molecule has 0 bridgehead atoms. The minimum absolute atomic E-state index is 0.819. The van der Waals surface area contributed by atoms with Crippen LogP contribution >= 0.6 is 0 Å². The van der Waals surface area contributed by atoms with Crippen molar-refractivity contribution in [3.05, 3.63) is 24.1 Å². The molecule has 2 heteroatoms. The van der Waals surface area contributed by atoms with Crippen molar-refractivity contribution in [1.29, 1.82) is 0 Å². The quantitative estimate of drug-likeness (QED) is 0.459. The number of methoxy groups -OCH3 is 1. The third-order valence-electron chi connectivity index (χ3n) is 0.902. The van der Waals surface area contributed by atoms with Crippen molar-refractivity contribution in [2.24, 2.45) is 5.73 Å². The Hall–Kier alpha value is -0.920. The van der Waals surface area contributed by atoms with Gasteiger partial charge in [0, 0.05) is 0 Å². The van der Waals surface area contributed by atoms with E-state index in [9.17, 15) is 0 Å². The molecule has 0 rings (SSSR count). The summed E-state index contributed by atoms with van der Waals surface area (Å²) in [6, 6.07) is 0. The fraction of sp³-hybridized carbons (Fsp3) is 0.429. The maximum atomic E-state index is 5.13. The Morgan fingerprint density at radius 2 is 2.33 bits per heavy atom. The van der Waals surface area contributed by atoms with Gasteiger partial charge in [-0.1, -0.05) is 6.92 Å². The number of hydrogen-bond acceptors (Lipinski definition) is 2. The zero-order valence-corrected chi connectivity index (χ0v) is 5.92. The maximum Gasteiger partial charge on any atom is 0.116 e. The second-order valence-corrected chi connectivity index (χ2v) is 1.58. The van der Waals surface area contributed by atoms with Crippen molar-refractivity contribution in [1.82, 2.24) is 0 Å². The van der Waals surface area contributed by atoms with E-state index in [4.69, 9.17) is 10.5 Å². The molecule has 0 unspecified atom stereocenters. The highest BCUT2D eigenvalue weighted by Gasteiger charge is 1.83. The minimum Gasteiger partial charge on any atom is -0.497 e. The first kappa shape index (κ1) is 8.08. The third-order valence-corrected chi connectivity index (χ3v) is 0.902. The largest absolute Gasteiger partial charge is 0.497 e. The molecule has 0 atom stereocenters. The van der Waals surface area contributed by atoms with Gasteiger partial charge in [0.15, 0.2) is 0 Å². The van der Waals surface area contributed by atoms with Crippen molar-refractivity contribution < 1.29 is 4.74 Å². The van der Waals surface area contributed by atoms with Gasteiger partial charge in [0.05, 0.1) is 7.11 Å². The van der Waals surface area contributed by atoms with Crippen molar-refractivity contribution in [3.8, 4) is 0 Å². The Morgan fingerprint density at radius 3 is 2.67 bits per heavy atom. The molecule has 0 aromatic heterocycles. The van der Waals surface area contributed by atoms with E-state index in [-0.39, 0.29) is 0 Å². The molecule has 2 nitrogen and oxygen atoms in total. The highest BCUT2D eigenvalue weighted by Crippen LogP contribution is 1.97. The van der Waals surface area contributed by atoms with Crippen molar-refractivity contribution in [3.63, 3.8) is 0 Å². The number of hydrogen-bond donors (Lipinski definition) is 1. The molecule has 9 heavy (non-hydrogen) atoms. The van der Waals surface area contributed by atoms with Crippen LogP contribution in [-0.4, -0.2) is 7.11 Å². The Kier molecular flexibility index (Phi) is 4.69. The fourth-order valence-corrected chi connectivity index (χ4v) is 0.515. The first-order chi connectivity index (χ1) is 4.35. The van der Waals surface area contributed by atoms with Crippen LogP contribution < -0.4 is 5.73 Å². The Balaban J connectivity index is 3.81. The lowest BCUT2D eigenvalue weighted by Crippen LogP contribution is -1.84. The van der Waals surface area contributed by atoms with Crippen LogP contribution in [0.2, 0.25) is 0 Å². The van der Waals surface area contributed by atoms with Gasteiger partial charge < -0.3 is 10.5 Å². The van der Waals surface area contributed by atoms with E-state index >= 15 is 0 Å². The van der Waals surface area contributed by atoms with E-state index < -0.39 is 0 Å². The Labute approximate surface area is 56.0 Å². The summed E-state index contributed by atoms with van der Waals surface area (Å²) in [5, 5.41) is 0. The molecule has 0 aromatic carbocycles. The van der Waals surface area contributed by atoms with E-state index in [2.05, 4.69) is 0 Å². The molecule has 0 aliphatic rings. The van der Waals surface area contributed by atoms with Crippen LogP contribution in [0.15, 0.2) is 24.1 Å².